The normalized spacial score (nSPS) is 11.0. The Morgan fingerprint density at radius 2 is 2.09 bits per heavy atom. The van der Waals surface area contributed by atoms with Gasteiger partial charge < -0.3 is 9.72 Å². The second-order valence-electron chi connectivity index (χ2n) is 5.06. The standard InChI is InChI=1S/C16H18N4O2S/c1-3-4-9-23-16-18-14-13(15(21)19-16)10-17-20(14)11-5-7-12(22-2)8-6-11/h5-8,10H,3-4,9H2,1-2H3,(H,18,19,21). The number of ether oxygens (including phenoxy) is 1. The van der Waals surface area contributed by atoms with E-state index in [4.69, 9.17) is 4.74 Å². The number of aromatic nitrogens is 4. The predicted octanol–water partition coefficient (Wildman–Crippen LogP) is 3.01. The molecular weight excluding hydrogens is 312 g/mol. The van der Waals surface area contributed by atoms with Crippen molar-refractivity contribution < 1.29 is 4.74 Å². The number of hydrogen-bond donors (Lipinski definition) is 1. The summed E-state index contributed by atoms with van der Waals surface area (Å²) in [6.45, 7) is 2.14. The van der Waals surface area contributed by atoms with Gasteiger partial charge in [0.25, 0.3) is 5.56 Å². The van der Waals surface area contributed by atoms with Crippen LogP contribution in [-0.4, -0.2) is 32.6 Å². The quantitative estimate of drug-likeness (QED) is 0.427. The number of methoxy groups -OCH3 is 1. The van der Waals surface area contributed by atoms with Crippen molar-refractivity contribution in [1.29, 1.82) is 0 Å². The maximum absolute atomic E-state index is 12.2. The summed E-state index contributed by atoms with van der Waals surface area (Å²) in [7, 11) is 1.62. The average Bonchev–Trinajstić information content (AvgIpc) is 3.00. The van der Waals surface area contributed by atoms with Gasteiger partial charge in [-0.05, 0) is 30.7 Å². The third kappa shape index (κ3) is 3.24. The van der Waals surface area contributed by atoms with Gasteiger partial charge in [0.15, 0.2) is 10.8 Å². The van der Waals surface area contributed by atoms with Gasteiger partial charge in [0.2, 0.25) is 0 Å². The minimum atomic E-state index is -0.159. The maximum atomic E-state index is 12.2. The summed E-state index contributed by atoms with van der Waals surface area (Å²) in [4.78, 5) is 19.6. The van der Waals surface area contributed by atoms with Gasteiger partial charge in [0.05, 0.1) is 19.0 Å². The molecule has 0 aliphatic carbocycles. The summed E-state index contributed by atoms with van der Waals surface area (Å²) in [6.07, 6.45) is 3.75. The fourth-order valence-corrected chi connectivity index (χ4v) is 3.13. The van der Waals surface area contributed by atoms with Crippen molar-refractivity contribution in [3.8, 4) is 11.4 Å². The van der Waals surface area contributed by atoms with Crippen LogP contribution in [0.5, 0.6) is 5.75 Å². The van der Waals surface area contributed by atoms with Crippen molar-refractivity contribution in [3.05, 3.63) is 40.8 Å². The van der Waals surface area contributed by atoms with Crippen LogP contribution in [0.15, 0.2) is 40.4 Å². The summed E-state index contributed by atoms with van der Waals surface area (Å²) in [5.41, 5.74) is 1.25. The minimum absolute atomic E-state index is 0.159. The monoisotopic (exact) mass is 330 g/mol. The summed E-state index contributed by atoms with van der Waals surface area (Å²) < 4.78 is 6.84. The molecule has 0 fully saturated rings. The fraction of sp³-hybridized carbons (Fsp3) is 0.312. The highest BCUT2D eigenvalue weighted by Crippen LogP contribution is 2.20. The van der Waals surface area contributed by atoms with Crippen molar-refractivity contribution in [1.82, 2.24) is 19.7 Å². The number of nitrogens with one attached hydrogen (secondary N) is 1. The van der Waals surface area contributed by atoms with Crippen LogP contribution in [0.1, 0.15) is 19.8 Å². The molecule has 0 bridgehead atoms. The zero-order chi connectivity index (χ0) is 16.2. The first-order valence-corrected chi connectivity index (χ1v) is 8.46. The Bertz CT molecular complexity index is 855. The molecule has 6 nitrogen and oxygen atoms in total. The molecule has 3 aromatic rings. The molecule has 1 aromatic carbocycles. The first-order chi connectivity index (χ1) is 11.2. The molecule has 0 atom stereocenters. The molecule has 0 saturated carbocycles. The van der Waals surface area contributed by atoms with Gasteiger partial charge in [-0.1, -0.05) is 25.1 Å². The Kier molecular flexibility index (Phi) is 4.66. The maximum Gasteiger partial charge on any atom is 0.262 e. The van der Waals surface area contributed by atoms with E-state index >= 15 is 0 Å². The molecule has 0 amide bonds. The lowest BCUT2D eigenvalue weighted by Gasteiger charge is -2.05. The van der Waals surface area contributed by atoms with Gasteiger partial charge in [-0.15, -0.1) is 0 Å². The topological polar surface area (TPSA) is 72.8 Å². The van der Waals surface area contributed by atoms with Gasteiger partial charge >= 0.3 is 0 Å². The van der Waals surface area contributed by atoms with Crippen LogP contribution in [0, 0.1) is 0 Å². The third-order valence-electron chi connectivity index (χ3n) is 3.47. The zero-order valence-electron chi connectivity index (χ0n) is 13.1. The molecule has 3 rings (SSSR count). The van der Waals surface area contributed by atoms with Crippen LogP contribution in [0.4, 0.5) is 0 Å². The molecule has 23 heavy (non-hydrogen) atoms. The molecule has 0 aliphatic rings. The molecule has 0 radical (unpaired) electrons. The largest absolute Gasteiger partial charge is 0.497 e. The highest BCUT2D eigenvalue weighted by molar-refractivity contribution is 7.99. The van der Waals surface area contributed by atoms with Gasteiger partial charge in [-0.2, -0.15) is 5.10 Å². The lowest BCUT2D eigenvalue weighted by atomic mass is 10.3. The number of unbranched alkanes of at least 4 members (excludes halogenated alkanes) is 1. The van der Waals surface area contributed by atoms with Crippen molar-refractivity contribution in [2.45, 2.75) is 24.9 Å². The van der Waals surface area contributed by atoms with Crippen LogP contribution in [0.2, 0.25) is 0 Å². The minimum Gasteiger partial charge on any atom is -0.497 e. The van der Waals surface area contributed by atoms with E-state index in [1.165, 1.54) is 0 Å². The zero-order valence-corrected chi connectivity index (χ0v) is 13.9. The number of aromatic amines is 1. The smallest absolute Gasteiger partial charge is 0.262 e. The molecule has 0 saturated heterocycles. The number of H-pyrrole nitrogens is 1. The first kappa shape index (κ1) is 15.6. The predicted molar refractivity (Wildman–Crippen MR) is 91.7 cm³/mol. The number of thioether (sulfide) groups is 1. The Morgan fingerprint density at radius 1 is 1.30 bits per heavy atom. The molecule has 0 spiro atoms. The molecule has 2 aromatic heterocycles. The van der Waals surface area contributed by atoms with Crippen molar-refractivity contribution >= 4 is 22.8 Å². The van der Waals surface area contributed by atoms with E-state index in [2.05, 4.69) is 22.0 Å². The number of hydrogen-bond acceptors (Lipinski definition) is 5. The SMILES string of the molecule is CCCCSc1nc2c(cnn2-c2ccc(OC)cc2)c(=O)[nH]1. The second kappa shape index (κ2) is 6.87. The molecule has 120 valence electrons. The third-order valence-corrected chi connectivity index (χ3v) is 4.43. The van der Waals surface area contributed by atoms with E-state index in [1.54, 1.807) is 29.8 Å². The Morgan fingerprint density at radius 3 is 2.78 bits per heavy atom. The summed E-state index contributed by atoms with van der Waals surface area (Å²) in [5, 5.41) is 5.42. The summed E-state index contributed by atoms with van der Waals surface area (Å²) >= 11 is 1.56. The average molecular weight is 330 g/mol. The van der Waals surface area contributed by atoms with Crippen LogP contribution >= 0.6 is 11.8 Å². The van der Waals surface area contributed by atoms with E-state index in [0.29, 0.717) is 16.2 Å². The van der Waals surface area contributed by atoms with E-state index < -0.39 is 0 Å². The fourth-order valence-electron chi connectivity index (χ4n) is 2.19. The molecular formula is C16H18N4O2S. The van der Waals surface area contributed by atoms with Crippen molar-refractivity contribution in [2.75, 3.05) is 12.9 Å². The summed E-state index contributed by atoms with van der Waals surface area (Å²) in [6, 6.07) is 7.48. The van der Waals surface area contributed by atoms with Crippen LogP contribution in [0.3, 0.4) is 0 Å². The number of rotatable bonds is 6. The highest BCUT2D eigenvalue weighted by atomic mass is 32.2. The lowest BCUT2D eigenvalue weighted by Crippen LogP contribution is -2.09. The van der Waals surface area contributed by atoms with Gasteiger partial charge in [0, 0.05) is 5.75 Å². The van der Waals surface area contributed by atoms with E-state index in [-0.39, 0.29) is 5.56 Å². The van der Waals surface area contributed by atoms with Crippen LogP contribution in [0.25, 0.3) is 16.7 Å². The molecule has 2 heterocycles. The number of fused-ring (bicyclic) bond motifs is 1. The molecule has 0 unspecified atom stereocenters. The molecule has 1 N–H and O–H groups in total. The Hall–Kier alpha value is -2.28. The number of benzene rings is 1. The van der Waals surface area contributed by atoms with E-state index in [1.807, 2.05) is 24.3 Å². The second-order valence-corrected chi connectivity index (χ2v) is 6.15. The highest BCUT2D eigenvalue weighted by Gasteiger charge is 2.11. The van der Waals surface area contributed by atoms with E-state index in [9.17, 15) is 4.79 Å². The van der Waals surface area contributed by atoms with Crippen LogP contribution < -0.4 is 10.3 Å². The van der Waals surface area contributed by atoms with Crippen molar-refractivity contribution in [2.24, 2.45) is 0 Å². The molecule has 0 aliphatic heterocycles. The Labute approximate surface area is 137 Å². The lowest BCUT2D eigenvalue weighted by molar-refractivity contribution is 0.414. The molecule has 7 heteroatoms. The van der Waals surface area contributed by atoms with Crippen molar-refractivity contribution in [3.63, 3.8) is 0 Å². The van der Waals surface area contributed by atoms with Gasteiger partial charge in [-0.25, -0.2) is 9.67 Å². The first-order valence-electron chi connectivity index (χ1n) is 7.48. The summed E-state index contributed by atoms with van der Waals surface area (Å²) in [5.74, 6) is 1.70. The van der Waals surface area contributed by atoms with Gasteiger partial charge in [-0.3, -0.25) is 4.79 Å². The Balaban J connectivity index is 2.01. The van der Waals surface area contributed by atoms with Gasteiger partial charge in [0.1, 0.15) is 11.1 Å². The number of nitrogens with zero attached hydrogens (tertiary/aromatic N) is 3. The van der Waals surface area contributed by atoms with E-state index in [0.717, 1.165) is 30.0 Å². The van der Waals surface area contributed by atoms with Crippen LogP contribution in [-0.2, 0) is 0 Å².